The number of aromatic nitrogens is 2. The summed E-state index contributed by atoms with van der Waals surface area (Å²) in [6, 6.07) is 0.607. The molecule has 1 fully saturated rings. The molecule has 0 aromatic carbocycles. The van der Waals surface area contributed by atoms with Crippen molar-refractivity contribution >= 4 is 11.9 Å². The minimum Gasteiger partial charge on any atom is -0.408 e. The summed E-state index contributed by atoms with van der Waals surface area (Å²) in [6.07, 6.45) is 4.14. The van der Waals surface area contributed by atoms with E-state index in [2.05, 4.69) is 20.4 Å². The van der Waals surface area contributed by atoms with E-state index in [1.807, 2.05) is 13.8 Å². The Morgan fingerprint density at radius 1 is 1.48 bits per heavy atom. The molecule has 2 rings (SSSR count). The third-order valence-electron chi connectivity index (χ3n) is 3.72. The Morgan fingerprint density at radius 3 is 2.76 bits per heavy atom. The van der Waals surface area contributed by atoms with Crippen molar-refractivity contribution in [3.63, 3.8) is 0 Å². The minimum atomic E-state index is -0.154. The van der Waals surface area contributed by atoms with Crippen LogP contribution in [0.25, 0.3) is 0 Å². The summed E-state index contributed by atoms with van der Waals surface area (Å²) in [5, 5.41) is 19.3. The fourth-order valence-corrected chi connectivity index (χ4v) is 2.28. The monoisotopic (exact) mass is 296 g/mol. The van der Waals surface area contributed by atoms with Crippen LogP contribution in [0, 0.1) is 0 Å². The standard InChI is InChI=1S/C14H24N4O3/c1-10(2)13-16-17-14(21-13)15-12(20)9-18(7-4-8-19)11-5-3-6-11/h10-11,19H,3-9H2,1-2H3,(H,15,17,20). The molecule has 0 spiro atoms. The first-order chi connectivity index (χ1) is 10.1. The fourth-order valence-electron chi connectivity index (χ4n) is 2.28. The van der Waals surface area contributed by atoms with Crippen molar-refractivity contribution in [2.24, 2.45) is 0 Å². The van der Waals surface area contributed by atoms with Crippen LogP contribution in [0.1, 0.15) is 51.3 Å². The van der Waals surface area contributed by atoms with Crippen molar-refractivity contribution in [3.8, 4) is 0 Å². The average molecular weight is 296 g/mol. The highest BCUT2D eigenvalue weighted by atomic mass is 16.4. The first-order valence-corrected chi connectivity index (χ1v) is 7.58. The van der Waals surface area contributed by atoms with E-state index in [1.54, 1.807) is 0 Å². The third kappa shape index (κ3) is 4.50. The van der Waals surface area contributed by atoms with Crippen LogP contribution in [0.2, 0.25) is 0 Å². The highest BCUT2D eigenvalue weighted by Crippen LogP contribution is 2.24. The van der Waals surface area contributed by atoms with Crippen LogP contribution >= 0.6 is 0 Å². The van der Waals surface area contributed by atoms with Gasteiger partial charge in [0, 0.05) is 25.1 Å². The number of hydrogen-bond donors (Lipinski definition) is 2. The van der Waals surface area contributed by atoms with Gasteiger partial charge in [-0.2, -0.15) is 0 Å². The summed E-state index contributed by atoms with van der Waals surface area (Å²) in [6.45, 7) is 5.07. The molecular weight excluding hydrogens is 272 g/mol. The van der Waals surface area contributed by atoms with Gasteiger partial charge in [0.25, 0.3) is 0 Å². The fraction of sp³-hybridized carbons (Fsp3) is 0.786. The molecule has 0 bridgehead atoms. The van der Waals surface area contributed by atoms with E-state index in [-0.39, 0.29) is 24.4 Å². The Balaban J connectivity index is 1.85. The van der Waals surface area contributed by atoms with Gasteiger partial charge in [0.1, 0.15) is 0 Å². The maximum absolute atomic E-state index is 12.1. The van der Waals surface area contributed by atoms with Gasteiger partial charge in [-0.25, -0.2) is 0 Å². The van der Waals surface area contributed by atoms with E-state index in [1.165, 1.54) is 6.42 Å². The molecule has 1 aliphatic carbocycles. The first kappa shape index (κ1) is 15.9. The number of rotatable bonds is 8. The largest absolute Gasteiger partial charge is 0.408 e. The van der Waals surface area contributed by atoms with Gasteiger partial charge in [-0.3, -0.25) is 15.0 Å². The van der Waals surface area contributed by atoms with Crippen molar-refractivity contribution < 1.29 is 14.3 Å². The molecule has 0 unspecified atom stereocenters. The van der Waals surface area contributed by atoms with E-state index < -0.39 is 0 Å². The summed E-state index contributed by atoms with van der Waals surface area (Å²) >= 11 is 0. The molecule has 118 valence electrons. The van der Waals surface area contributed by atoms with E-state index in [0.717, 1.165) is 19.4 Å². The lowest BCUT2D eigenvalue weighted by Crippen LogP contribution is -2.45. The quantitative estimate of drug-likeness (QED) is 0.753. The number of aliphatic hydroxyl groups excluding tert-OH is 1. The number of nitrogens with one attached hydrogen (secondary N) is 1. The normalized spacial score (nSPS) is 15.5. The van der Waals surface area contributed by atoms with Gasteiger partial charge >= 0.3 is 6.01 Å². The number of aliphatic hydroxyl groups is 1. The van der Waals surface area contributed by atoms with Crippen molar-refractivity contribution in [3.05, 3.63) is 5.89 Å². The SMILES string of the molecule is CC(C)c1nnc(NC(=O)CN(CCCO)C2CCC2)o1. The predicted molar refractivity (Wildman–Crippen MR) is 77.9 cm³/mol. The van der Waals surface area contributed by atoms with Crippen LogP contribution in [-0.4, -0.2) is 51.8 Å². The Labute approximate surface area is 124 Å². The van der Waals surface area contributed by atoms with Gasteiger partial charge in [-0.05, 0) is 19.3 Å². The highest BCUT2D eigenvalue weighted by molar-refractivity contribution is 5.90. The number of carbonyl (C=O) groups is 1. The number of hydrogen-bond acceptors (Lipinski definition) is 6. The molecule has 21 heavy (non-hydrogen) atoms. The van der Waals surface area contributed by atoms with E-state index in [4.69, 9.17) is 9.52 Å². The Morgan fingerprint density at radius 2 is 2.24 bits per heavy atom. The zero-order valence-electron chi connectivity index (χ0n) is 12.7. The number of nitrogens with zero attached hydrogens (tertiary/aromatic N) is 3. The number of anilines is 1. The summed E-state index contributed by atoms with van der Waals surface area (Å²) in [4.78, 5) is 14.2. The second-order valence-corrected chi connectivity index (χ2v) is 5.78. The highest BCUT2D eigenvalue weighted by Gasteiger charge is 2.26. The van der Waals surface area contributed by atoms with E-state index in [0.29, 0.717) is 24.9 Å². The summed E-state index contributed by atoms with van der Waals surface area (Å²) in [5.41, 5.74) is 0. The van der Waals surface area contributed by atoms with Crippen LogP contribution in [0.15, 0.2) is 4.42 Å². The van der Waals surface area contributed by atoms with Gasteiger partial charge in [-0.15, -0.1) is 5.10 Å². The second kappa shape index (κ2) is 7.51. The minimum absolute atomic E-state index is 0.138. The Bertz CT molecular complexity index is 457. The van der Waals surface area contributed by atoms with E-state index in [9.17, 15) is 4.79 Å². The molecule has 1 aliphatic rings. The van der Waals surface area contributed by atoms with Gasteiger partial charge in [0.2, 0.25) is 11.8 Å². The number of amides is 1. The molecule has 1 saturated carbocycles. The molecule has 0 radical (unpaired) electrons. The lowest BCUT2D eigenvalue weighted by atomic mass is 9.91. The van der Waals surface area contributed by atoms with Crippen molar-refractivity contribution in [1.29, 1.82) is 0 Å². The predicted octanol–water partition coefficient (Wildman–Crippen LogP) is 1.37. The maximum atomic E-state index is 12.1. The molecular formula is C14H24N4O3. The van der Waals surface area contributed by atoms with Crippen LogP contribution < -0.4 is 5.32 Å². The topological polar surface area (TPSA) is 91.5 Å². The van der Waals surface area contributed by atoms with Gasteiger partial charge in [0.15, 0.2) is 0 Å². The lowest BCUT2D eigenvalue weighted by molar-refractivity contribution is -0.118. The molecule has 0 atom stereocenters. The second-order valence-electron chi connectivity index (χ2n) is 5.78. The molecule has 2 N–H and O–H groups in total. The van der Waals surface area contributed by atoms with Crippen molar-refractivity contribution in [2.45, 2.75) is 51.5 Å². The van der Waals surface area contributed by atoms with Gasteiger partial charge in [0.05, 0.1) is 6.54 Å². The molecule has 1 aromatic heterocycles. The maximum Gasteiger partial charge on any atom is 0.322 e. The smallest absolute Gasteiger partial charge is 0.322 e. The number of carbonyl (C=O) groups excluding carboxylic acids is 1. The van der Waals surface area contributed by atoms with Crippen LogP contribution in [0.4, 0.5) is 6.01 Å². The zero-order chi connectivity index (χ0) is 15.2. The average Bonchev–Trinajstić information content (AvgIpc) is 2.82. The summed E-state index contributed by atoms with van der Waals surface area (Å²) < 4.78 is 5.37. The summed E-state index contributed by atoms with van der Waals surface area (Å²) in [5.74, 6) is 0.499. The molecule has 0 aliphatic heterocycles. The third-order valence-corrected chi connectivity index (χ3v) is 3.72. The molecule has 0 saturated heterocycles. The van der Waals surface area contributed by atoms with Gasteiger partial charge in [-0.1, -0.05) is 25.4 Å². The first-order valence-electron chi connectivity index (χ1n) is 7.58. The van der Waals surface area contributed by atoms with E-state index >= 15 is 0 Å². The van der Waals surface area contributed by atoms with Crippen LogP contribution in [-0.2, 0) is 4.79 Å². The van der Waals surface area contributed by atoms with Crippen molar-refractivity contribution in [1.82, 2.24) is 15.1 Å². The molecule has 1 aromatic rings. The van der Waals surface area contributed by atoms with Crippen LogP contribution in [0.5, 0.6) is 0 Å². The zero-order valence-corrected chi connectivity index (χ0v) is 12.7. The van der Waals surface area contributed by atoms with Gasteiger partial charge < -0.3 is 9.52 Å². The summed E-state index contributed by atoms with van der Waals surface area (Å²) in [7, 11) is 0. The molecule has 1 heterocycles. The Kier molecular flexibility index (Phi) is 5.69. The van der Waals surface area contributed by atoms with Crippen molar-refractivity contribution in [2.75, 3.05) is 25.0 Å². The molecule has 7 nitrogen and oxygen atoms in total. The molecule has 7 heteroatoms. The lowest BCUT2D eigenvalue weighted by Gasteiger charge is -2.36. The Hall–Kier alpha value is -1.47. The molecule has 1 amide bonds. The van der Waals surface area contributed by atoms with Crippen LogP contribution in [0.3, 0.4) is 0 Å².